The topological polar surface area (TPSA) is 51.8 Å². The molecular formula is C43H27N3O. The van der Waals surface area contributed by atoms with E-state index in [1.54, 1.807) is 30.3 Å². The molecule has 0 amide bonds. The second-order valence-corrected chi connectivity index (χ2v) is 9.93. The van der Waals surface area contributed by atoms with Crippen molar-refractivity contribution in [2.24, 2.45) is 0 Å². The van der Waals surface area contributed by atoms with Crippen molar-refractivity contribution in [3.05, 3.63) is 163 Å². The lowest BCUT2D eigenvalue weighted by Gasteiger charge is -2.11. The van der Waals surface area contributed by atoms with Gasteiger partial charge in [-0.15, -0.1) is 0 Å². The molecule has 0 spiro atoms. The number of benzene rings is 7. The van der Waals surface area contributed by atoms with Crippen molar-refractivity contribution in [2.75, 3.05) is 0 Å². The van der Waals surface area contributed by atoms with E-state index in [1.807, 2.05) is 0 Å². The van der Waals surface area contributed by atoms with E-state index >= 15 is 0 Å². The maximum Gasteiger partial charge on any atom is 0.164 e. The number of nitrogens with zero attached hydrogens (tertiary/aromatic N) is 3. The molecule has 0 aliphatic rings. The molecule has 0 aliphatic heterocycles. The van der Waals surface area contributed by atoms with Gasteiger partial charge in [-0.25, -0.2) is 15.0 Å². The summed E-state index contributed by atoms with van der Waals surface area (Å²) in [6.45, 7) is 0. The summed E-state index contributed by atoms with van der Waals surface area (Å²) in [6.07, 6.45) is 0. The van der Waals surface area contributed by atoms with Crippen LogP contribution in [0.3, 0.4) is 0 Å². The Morgan fingerprint density at radius 3 is 1.89 bits per heavy atom. The molecule has 9 aromatic rings. The third-order valence-corrected chi connectivity index (χ3v) is 7.12. The van der Waals surface area contributed by atoms with Crippen molar-refractivity contribution >= 4 is 32.7 Å². The molecule has 0 fully saturated rings. The molecule has 0 atom stereocenters. The number of fused-ring (bicyclic) bond motifs is 4. The highest BCUT2D eigenvalue weighted by atomic mass is 16.3. The summed E-state index contributed by atoms with van der Waals surface area (Å²) in [4.78, 5) is 13.4. The maximum absolute atomic E-state index is 9.55. The minimum absolute atomic E-state index is 0.0332. The van der Waals surface area contributed by atoms with Gasteiger partial charge in [0.1, 0.15) is 11.2 Å². The van der Waals surface area contributed by atoms with E-state index in [2.05, 4.69) is 15.0 Å². The highest BCUT2D eigenvalue weighted by Gasteiger charge is 2.20. The molecular weight excluding hydrogens is 574 g/mol. The Labute approximate surface area is 302 Å². The van der Waals surface area contributed by atoms with Crippen LogP contribution in [-0.2, 0) is 0 Å². The molecule has 0 unspecified atom stereocenters. The summed E-state index contributed by atoms with van der Waals surface area (Å²) >= 11 is 0. The zero-order valence-electron chi connectivity index (χ0n) is 45.6. The molecule has 0 bridgehead atoms. The summed E-state index contributed by atoms with van der Waals surface area (Å²) < 4.78 is 199. The van der Waals surface area contributed by atoms with Crippen LogP contribution in [0.4, 0.5) is 0 Å². The molecule has 0 saturated heterocycles. The summed E-state index contributed by atoms with van der Waals surface area (Å²) in [7, 11) is 0. The van der Waals surface area contributed by atoms with E-state index in [0.717, 1.165) is 0 Å². The predicted molar refractivity (Wildman–Crippen MR) is 192 cm³/mol. The summed E-state index contributed by atoms with van der Waals surface area (Å²) in [6, 6.07) is -9.24. The van der Waals surface area contributed by atoms with E-state index in [9.17, 15) is 6.85 Å². The van der Waals surface area contributed by atoms with Crippen LogP contribution in [0.25, 0.3) is 89.1 Å². The van der Waals surface area contributed by atoms with E-state index in [-0.39, 0.29) is 21.9 Å². The third kappa shape index (κ3) is 4.84. The fourth-order valence-electron chi connectivity index (χ4n) is 4.98. The lowest BCUT2D eigenvalue weighted by Crippen LogP contribution is -2.00. The summed E-state index contributed by atoms with van der Waals surface area (Å²) in [5.41, 5.74) is -3.63. The molecule has 4 nitrogen and oxygen atoms in total. The first-order valence-electron chi connectivity index (χ1n) is 24.9. The monoisotopic (exact) mass is 623 g/mol. The van der Waals surface area contributed by atoms with Gasteiger partial charge in [-0.3, -0.25) is 0 Å². The van der Waals surface area contributed by atoms with Crippen LogP contribution in [0.5, 0.6) is 0 Å². The largest absolute Gasteiger partial charge is 0.455 e. The predicted octanol–water partition coefficient (Wildman–Crippen LogP) is 11.3. The molecule has 47 heavy (non-hydrogen) atoms. The van der Waals surface area contributed by atoms with Crippen LogP contribution in [-0.4, -0.2) is 15.0 Å². The lowest BCUT2D eigenvalue weighted by atomic mass is 9.98. The molecule has 0 radical (unpaired) electrons. The van der Waals surface area contributed by atoms with Gasteiger partial charge in [-0.1, -0.05) is 139 Å². The summed E-state index contributed by atoms with van der Waals surface area (Å²) in [5.74, 6) is -2.25. The first-order chi connectivity index (χ1) is 32.5. The number of hydrogen-bond acceptors (Lipinski definition) is 4. The van der Waals surface area contributed by atoms with Crippen LogP contribution in [0.1, 0.15) is 30.2 Å². The Bertz CT molecular complexity index is 3760. The van der Waals surface area contributed by atoms with Crippen molar-refractivity contribution in [3.63, 3.8) is 0 Å². The highest BCUT2D eigenvalue weighted by molar-refractivity contribution is 6.15. The summed E-state index contributed by atoms with van der Waals surface area (Å²) in [5, 5.41) is -1.58. The zero-order valence-corrected chi connectivity index (χ0v) is 23.6. The Kier molecular flexibility index (Phi) is 3.05. The van der Waals surface area contributed by atoms with E-state index in [4.69, 9.17) is 27.7 Å². The van der Waals surface area contributed by atoms with E-state index in [0.29, 0.717) is 5.56 Å². The fraction of sp³-hybridized carbons (Fsp3) is 0. The fourth-order valence-corrected chi connectivity index (χ4v) is 4.98. The molecule has 2 heterocycles. The minimum Gasteiger partial charge on any atom is -0.455 e. The van der Waals surface area contributed by atoms with Gasteiger partial charge < -0.3 is 4.42 Å². The smallest absolute Gasteiger partial charge is 0.164 e. The first kappa shape index (κ1) is 12.8. The zero-order chi connectivity index (χ0) is 50.3. The van der Waals surface area contributed by atoms with E-state index < -0.39 is 195 Å². The second-order valence-electron chi connectivity index (χ2n) is 9.93. The molecule has 0 N–H and O–H groups in total. The van der Waals surface area contributed by atoms with Gasteiger partial charge in [-0.2, -0.15) is 0 Å². The Balaban J connectivity index is 1.48. The van der Waals surface area contributed by atoms with E-state index in [1.165, 1.54) is 0 Å². The molecule has 220 valence electrons. The van der Waals surface area contributed by atoms with Gasteiger partial charge in [0.15, 0.2) is 17.5 Å². The molecule has 2 aromatic heterocycles. The standard InChI is InChI=1S/C43H27N3O/c1-3-11-28(12-4-1)30-19-22-32(23-20-30)41-44-42(34-24-21-29-13-7-8-16-33(29)27-34)46-43(45-41)37-26-25-35(31-14-5-2-6-15-31)40-39(37)36-17-9-10-18-38(36)47-40/h1-27H/i1D,3D,4D,7D,8D,9D,10D,11D,12D,13D,16D,17D,18D,19D,20D,21D,22D,23D,24D,25D,26D,27D. The molecule has 4 heteroatoms. The van der Waals surface area contributed by atoms with Crippen molar-refractivity contribution in [1.29, 1.82) is 0 Å². The van der Waals surface area contributed by atoms with Gasteiger partial charge in [0.25, 0.3) is 0 Å². The number of para-hydroxylation sites is 1. The number of hydrogen-bond donors (Lipinski definition) is 0. The van der Waals surface area contributed by atoms with Gasteiger partial charge >= 0.3 is 0 Å². The van der Waals surface area contributed by atoms with Crippen molar-refractivity contribution in [3.8, 4) is 56.4 Å². The molecule has 7 aromatic carbocycles. The Morgan fingerprint density at radius 1 is 0.447 bits per heavy atom. The minimum atomic E-state index is -0.952. The number of furan rings is 1. The SMILES string of the molecule is [2H]c1c([2H])c([2H])c(-c2c([2H])c([2H])c(-c3nc(-c4c([2H])c([2H])c5c([2H])c([2H])c([2H])c([2H])c5c4[2H])nc(-c4c([2H])c([2H])c(-c5ccccc5)c5oc6c([2H])c([2H])c([2H])c([2H])c6c45)n3)c([2H])c2[2H])c([2H])c1[2H]. The second kappa shape index (κ2) is 11.2. The highest BCUT2D eigenvalue weighted by Crippen LogP contribution is 2.41. The maximum atomic E-state index is 9.55. The lowest BCUT2D eigenvalue weighted by molar-refractivity contribution is 0.670. The number of rotatable bonds is 5. The van der Waals surface area contributed by atoms with Crippen LogP contribution in [0, 0.1) is 0 Å². The number of aromatic nitrogens is 3. The third-order valence-electron chi connectivity index (χ3n) is 7.12. The molecule has 0 aliphatic carbocycles. The quantitative estimate of drug-likeness (QED) is 0.191. The van der Waals surface area contributed by atoms with Crippen LogP contribution in [0.2, 0.25) is 0 Å². The Morgan fingerprint density at radius 2 is 1.06 bits per heavy atom. The van der Waals surface area contributed by atoms with Crippen molar-refractivity contribution in [2.45, 2.75) is 0 Å². The average molecular weight is 624 g/mol. The normalized spacial score (nSPS) is 18.0. The van der Waals surface area contributed by atoms with Crippen molar-refractivity contribution in [1.82, 2.24) is 15.0 Å². The van der Waals surface area contributed by atoms with Crippen molar-refractivity contribution < 1.29 is 34.6 Å². The van der Waals surface area contributed by atoms with Crippen LogP contribution < -0.4 is 0 Å². The van der Waals surface area contributed by atoms with Gasteiger partial charge in [0, 0.05) is 33.0 Å². The van der Waals surface area contributed by atoms with Crippen LogP contribution in [0.15, 0.2) is 168 Å². The van der Waals surface area contributed by atoms with Gasteiger partial charge in [0.2, 0.25) is 0 Å². The van der Waals surface area contributed by atoms with Gasteiger partial charge in [0.05, 0.1) is 30.2 Å². The molecule has 0 saturated carbocycles. The van der Waals surface area contributed by atoms with Crippen LogP contribution >= 0.6 is 0 Å². The van der Waals surface area contributed by atoms with Gasteiger partial charge in [-0.05, 0) is 51.6 Å². The average Bonchev–Trinajstić information content (AvgIpc) is 3.72. The molecule has 9 rings (SSSR count). The first-order valence-corrected chi connectivity index (χ1v) is 13.9. The Hall–Kier alpha value is -6.39.